The molecule has 2 aliphatic rings. The Labute approximate surface area is 180 Å². The summed E-state index contributed by atoms with van der Waals surface area (Å²) in [5.74, 6) is 0.777. The van der Waals surface area contributed by atoms with E-state index in [1.54, 1.807) is 0 Å². The third kappa shape index (κ3) is 4.75. The van der Waals surface area contributed by atoms with E-state index in [9.17, 15) is 13.2 Å². The van der Waals surface area contributed by atoms with Crippen LogP contribution in [0.5, 0.6) is 0 Å². The molecular weight excluding hydrogens is 411 g/mol. The summed E-state index contributed by atoms with van der Waals surface area (Å²) in [7, 11) is 0. The molecule has 0 radical (unpaired) electrons. The standard InChI is InChI=1S/C21H21ClF3N3.C2H6/c22-16-9-8-15(21(23,24)25)12-14(16)13-26-19-20(10-4-1-5-11-20)28-18-7-3-2-6-17(18)27-19;1-2/h2-3,6-9,12,28H,1,4-5,10-11,13H2,(H,26,27);1-2H3. The molecule has 2 aromatic rings. The molecule has 1 heterocycles. The monoisotopic (exact) mass is 437 g/mol. The van der Waals surface area contributed by atoms with Crippen molar-refractivity contribution in [3.63, 3.8) is 0 Å². The highest BCUT2D eigenvalue weighted by molar-refractivity contribution is 6.31. The van der Waals surface area contributed by atoms with Gasteiger partial charge in [0.15, 0.2) is 0 Å². The fourth-order valence-corrected chi connectivity index (χ4v) is 4.19. The fourth-order valence-electron chi connectivity index (χ4n) is 4.01. The van der Waals surface area contributed by atoms with E-state index in [0.717, 1.165) is 55.0 Å². The van der Waals surface area contributed by atoms with E-state index in [-0.39, 0.29) is 12.1 Å². The minimum Gasteiger partial charge on any atom is -0.371 e. The largest absolute Gasteiger partial charge is 0.416 e. The van der Waals surface area contributed by atoms with Crippen LogP contribution in [-0.4, -0.2) is 11.4 Å². The molecule has 0 aromatic heterocycles. The lowest BCUT2D eigenvalue weighted by Gasteiger charge is -2.44. The van der Waals surface area contributed by atoms with Gasteiger partial charge in [0.2, 0.25) is 0 Å². The van der Waals surface area contributed by atoms with Crippen LogP contribution in [0, 0.1) is 0 Å². The van der Waals surface area contributed by atoms with Crippen LogP contribution < -0.4 is 10.6 Å². The van der Waals surface area contributed by atoms with Crippen LogP contribution in [0.3, 0.4) is 0 Å². The number of hydrogen-bond acceptors (Lipinski definition) is 2. The minimum absolute atomic E-state index is 0.0939. The molecule has 1 aliphatic heterocycles. The van der Waals surface area contributed by atoms with Crippen LogP contribution in [0.1, 0.15) is 57.1 Å². The number of fused-ring (bicyclic) bond motifs is 1. The van der Waals surface area contributed by atoms with Crippen molar-refractivity contribution in [3.05, 3.63) is 58.6 Å². The molecule has 0 bridgehead atoms. The Hall–Kier alpha value is -2.21. The van der Waals surface area contributed by atoms with Gasteiger partial charge < -0.3 is 10.6 Å². The van der Waals surface area contributed by atoms with Gasteiger partial charge in [-0.05, 0) is 48.7 Å². The van der Waals surface area contributed by atoms with Crippen LogP contribution >= 0.6 is 11.6 Å². The first kappa shape index (κ1) is 22.5. The molecule has 1 saturated carbocycles. The molecule has 1 spiro atoms. The lowest BCUT2D eigenvalue weighted by molar-refractivity contribution is -0.137. The number of para-hydroxylation sites is 2. The van der Waals surface area contributed by atoms with Crippen LogP contribution in [0.15, 0.2) is 47.5 Å². The van der Waals surface area contributed by atoms with Gasteiger partial charge in [-0.3, -0.25) is 4.99 Å². The van der Waals surface area contributed by atoms with E-state index in [2.05, 4.69) is 10.6 Å². The van der Waals surface area contributed by atoms with Gasteiger partial charge in [0.25, 0.3) is 0 Å². The first-order valence-electron chi connectivity index (χ1n) is 10.4. The summed E-state index contributed by atoms with van der Waals surface area (Å²) in [6, 6.07) is 11.3. The SMILES string of the molecule is CC.FC(F)(F)c1ccc(Cl)c(CN=C2Nc3ccccc3NC23CCCCC3)c1. The van der Waals surface area contributed by atoms with E-state index in [1.807, 2.05) is 38.1 Å². The van der Waals surface area contributed by atoms with E-state index in [0.29, 0.717) is 10.6 Å². The Morgan fingerprint density at radius 3 is 2.33 bits per heavy atom. The zero-order valence-electron chi connectivity index (χ0n) is 17.2. The third-order valence-corrected chi connectivity index (χ3v) is 5.86. The minimum atomic E-state index is -4.40. The average molecular weight is 438 g/mol. The number of nitrogens with one attached hydrogen (secondary N) is 2. The Morgan fingerprint density at radius 1 is 1.00 bits per heavy atom. The molecule has 4 rings (SSSR count). The molecule has 0 atom stereocenters. The molecule has 30 heavy (non-hydrogen) atoms. The molecule has 0 unspecified atom stereocenters. The third-order valence-electron chi connectivity index (χ3n) is 5.50. The van der Waals surface area contributed by atoms with Crippen LogP contribution in [-0.2, 0) is 12.7 Å². The van der Waals surface area contributed by atoms with Crippen molar-refractivity contribution >= 4 is 28.8 Å². The number of rotatable bonds is 2. The van der Waals surface area contributed by atoms with Crippen molar-refractivity contribution in [2.75, 3.05) is 10.6 Å². The molecule has 7 heteroatoms. The van der Waals surface area contributed by atoms with Crippen LogP contribution in [0.25, 0.3) is 0 Å². The van der Waals surface area contributed by atoms with Crippen molar-refractivity contribution in [3.8, 4) is 0 Å². The second-order valence-electron chi connectivity index (χ2n) is 7.41. The van der Waals surface area contributed by atoms with Crippen molar-refractivity contribution in [1.82, 2.24) is 0 Å². The second kappa shape index (κ2) is 9.29. The highest BCUT2D eigenvalue weighted by atomic mass is 35.5. The summed E-state index contributed by atoms with van der Waals surface area (Å²) in [6.45, 7) is 4.09. The maximum atomic E-state index is 13.0. The predicted octanol–water partition coefficient (Wildman–Crippen LogP) is 7.52. The number of alkyl halides is 3. The summed E-state index contributed by atoms with van der Waals surface area (Å²) >= 11 is 6.15. The fraction of sp³-hybridized carbons (Fsp3) is 0.435. The van der Waals surface area contributed by atoms with E-state index >= 15 is 0 Å². The Balaban J connectivity index is 0.00000124. The summed E-state index contributed by atoms with van der Waals surface area (Å²) in [5, 5.41) is 7.35. The molecule has 1 fully saturated rings. The van der Waals surface area contributed by atoms with Gasteiger partial charge >= 0.3 is 6.18 Å². The molecule has 2 aromatic carbocycles. The molecule has 1 aliphatic carbocycles. The van der Waals surface area contributed by atoms with Gasteiger partial charge in [-0.1, -0.05) is 56.8 Å². The number of benzene rings is 2. The van der Waals surface area contributed by atoms with Gasteiger partial charge in [-0.2, -0.15) is 13.2 Å². The zero-order chi connectivity index (χ0) is 21.8. The van der Waals surface area contributed by atoms with Gasteiger partial charge in [0.1, 0.15) is 5.84 Å². The number of hydrogen-bond donors (Lipinski definition) is 2. The van der Waals surface area contributed by atoms with Gasteiger partial charge in [-0.15, -0.1) is 0 Å². The Bertz CT molecular complexity index is 903. The van der Waals surface area contributed by atoms with Gasteiger partial charge in [0.05, 0.1) is 29.0 Å². The lowest BCUT2D eigenvalue weighted by atomic mass is 9.79. The van der Waals surface area contributed by atoms with Crippen molar-refractivity contribution in [2.24, 2.45) is 4.99 Å². The smallest absolute Gasteiger partial charge is 0.371 e. The molecule has 3 nitrogen and oxygen atoms in total. The Morgan fingerprint density at radius 2 is 1.67 bits per heavy atom. The summed E-state index contributed by atoms with van der Waals surface area (Å²) in [6.07, 6.45) is 0.811. The molecule has 0 amide bonds. The maximum absolute atomic E-state index is 13.0. The van der Waals surface area contributed by atoms with E-state index in [4.69, 9.17) is 16.6 Å². The normalized spacial score (nSPS) is 18.7. The number of aliphatic imine (C=N–C) groups is 1. The second-order valence-corrected chi connectivity index (χ2v) is 7.81. The zero-order valence-corrected chi connectivity index (χ0v) is 18.0. The first-order valence-corrected chi connectivity index (χ1v) is 10.8. The highest BCUT2D eigenvalue weighted by Crippen LogP contribution is 2.40. The predicted molar refractivity (Wildman–Crippen MR) is 118 cm³/mol. The van der Waals surface area contributed by atoms with Gasteiger partial charge in [0, 0.05) is 5.02 Å². The van der Waals surface area contributed by atoms with Gasteiger partial charge in [-0.25, -0.2) is 0 Å². The number of halogens is 4. The summed E-state index contributed by atoms with van der Waals surface area (Å²) < 4.78 is 39.1. The number of amidine groups is 1. The first-order chi connectivity index (χ1) is 14.4. The molecular formula is C23H27ClF3N3. The average Bonchev–Trinajstić information content (AvgIpc) is 2.74. The van der Waals surface area contributed by atoms with E-state index in [1.165, 1.54) is 12.5 Å². The quantitative estimate of drug-likeness (QED) is 0.509. The van der Waals surface area contributed by atoms with Crippen molar-refractivity contribution in [1.29, 1.82) is 0 Å². The van der Waals surface area contributed by atoms with Crippen molar-refractivity contribution < 1.29 is 13.2 Å². The van der Waals surface area contributed by atoms with Crippen LogP contribution in [0.2, 0.25) is 5.02 Å². The Kier molecular flexibility index (Phi) is 6.96. The number of nitrogens with zero attached hydrogens (tertiary/aromatic N) is 1. The molecule has 0 saturated heterocycles. The lowest BCUT2D eigenvalue weighted by Crippen LogP contribution is -2.53. The highest BCUT2D eigenvalue weighted by Gasteiger charge is 2.40. The topological polar surface area (TPSA) is 36.4 Å². The van der Waals surface area contributed by atoms with E-state index < -0.39 is 11.7 Å². The summed E-state index contributed by atoms with van der Waals surface area (Å²) in [4.78, 5) is 4.70. The summed E-state index contributed by atoms with van der Waals surface area (Å²) in [5.41, 5.74) is 1.31. The number of anilines is 2. The molecule has 162 valence electrons. The van der Waals surface area contributed by atoms with Crippen molar-refractivity contribution in [2.45, 2.75) is 64.2 Å². The van der Waals surface area contributed by atoms with Crippen LogP contribution in [0.4, 0.5) is 24.5 Å². The molecule has 2 N–H and O–H groups in total. The maximum Gasteiger partial charge on any atom is 0.416 e.